The molecule has 134 valence electrons. The summed E-state index contributed by atoms with van der Waals surface area (Å²) in [6.07, 6.45) is 9.22. The largest absolute Gasteiger partial charge is 0.382 e. The van der Waals surface area contributed by atoms with E-state index in [-0.39, 0.29) is 5.91 Å². The van der Waals surface area contributed by atoms with Crippen LogP contribution in [0.5, 0.6) is 0 Å². The maximum Gasteiger partial charge on any atom is 0.257 e. The monoisotopic (exact) mass is 342 g/mol. The predicted molar refractivity (Wildman–Crippen MR) is 96.0 cm³/mol. The summed E-state index contributed by atoms with van der Waals surface area (Å²) >= 11 is 0. The molecule has 0 saturated carbocycles. The Hall–Kier alpha value is -2.44. The first-order chi connectivity index (χ1) is 12.1. The lowest BCUT2D eigenvalue weighted by Gasteiger charge is -2.20. The minimum atomic E-state index is 0.102. The molecule has 0 aliphatic carbocycles. The van der Waals surface area contributed by atoms with E-state index in [2.05, 4.69) is 15.1 Å². The van der Waals surface area contributed by atoms with Gasteiger partial charge in [0.2, 0.25) is 0 Å². The van der Waals surface area contributed by atoms with Crippen LogP contribution in [-0.2, 0) is 13.0 Å². The van der Waals surface area contributed by atoms with Gasteiger partial charge in [-0.1, -0.05) is 0 Å². The second-order valence-electron chi connectivity index (χ2n) is 6.71. The van der Waals surface area contributed by atoms with Crippen LogP contribution in [0.25, 0.3) is 0 Å². The number of hydrogen-bond acceptors (Lipinski definition) is 5. The standard InChI is InChI=1S/C18H26N6O/c1-3-24-12-16(13(2)22-24)18(25)23-7-4-5-14(6-8-23)9-15-10-21-17(19)11-20-15/h10-12,14H,3-9H2,1-2H3,(H2,19,21). The number of aromatic nitrogens is 4. The van der Waals surface area contributed by atoms with E-state index in [0.717, 1.165) is 62.3 Å². The molecule has 0 radical (unpaired) electrons. The molecule has 0 spiro atoms. The fourth-order valence-corrected chi connectivity index (χ4v) is 3.40. The predicted octanol–water partition coefficient (Wildman–Crippen LogP) is 2.07. The number of likely N-dealkylation sites (tertiary alicyclic amines) is 1. The van der Waals surface area contributed by atoms with Crippen molar-refractivity contribution < 1.29 is 4.79 Å². The van der Waals surface area contributed by atoms with Crippen LogP contribution >= 0.6 is 0 Å². The molecule has 1 amide bonds. The van der Waals surface area contributed by atoms with E-state index in [1.165, 1.54) is 0 Å². The van der Waals surface area contributed by atoms with Gasteiger partial charge in [0.1, 0.15) is 5.82 Å². The maximum atomic E-state index is 12.8. The topological polar surface area (TPSA) is 89.9 Å². The summed E-state index contributed by atoms with van der Waals surface area (Å²) in [5.74, 6) is 1.07. The quantitative estimate of drug-likeness (QED) is 0.918. The normalized spacial score (nSPS) is 18.2. The Kier molecular flexibility index (Phi) is 5.31. The van der Waals surface area contributed by atoms with Gasteiger partial charge in [-0.05, 0) is 45.4 Å². The first-order valence-corrected chi connectivity index (χ1v) is 8.96. The molecule has 3 rings (SSSR count). The van der Waals surface area contributed by atoms with Crippen LogP contribution < -0.4 is 5.73 Å². The highest BCUT2D eigenvalue weighted by atomic mass is 16.2. The molecule has 1 fully saturated rings. The summed E-state index contributed by atoms with van der Waals surface area (Å²) in [5.41, 5.74) is 8.10. The molecule has 3 heterocycles. The number of carbonyl (C=O) groups excluding carboxylic acids is 1. The molecule has 25 heavy (non-hydrogen) atoms. The summed E-state index contributed by atoms with van der Waals surface area (Å²) < 4.78 is 1.82. The first kappa shape index (κ1) is 17.4. The van der Waals surface area contributed by atoms with Gasteiger partial charge in [-0.3, -0.25) is 14.5 Å². The van der Waals surface area contributed by atoms with Crippen molar-refractivity contribution in [3.05, 3.63) is 35.5 Å². The van der Waals surface area contributed by atoms with Crippen molar-refractivity contribution in [2.24, 2.45) is 5.92 Å². The lowest BCUT2D eigenvalue weighted by molar-refractivity contribution is 0.0759. The Morgan fingerprint density at radius 3 is 2.80 bits per heavy atom. The maximum absolute atomic E-state index is 12.8. The molecule has 1 aliphatic rings. The van der Waals surface area contributed by atoms with Crippen LogP contribution in [0.15, 0.2) is 18.6 Å². The van der Waals surface area contributed by atoms with Crippen molar-refractivity contribution in [2.45, 2.75) is 46.1 Å². The van der Waals surface area contributed by atoms with E-state index in [1.54, 1.807) is 12.4 Å². The second-order valence-corrected chi connectivity index (χ2v) is 6.71. The van der Waals surface area contributed by atoms with Crippen LogP contribution in [0, 0.1) is 12.8 Å². The van der Waals surface area contributed by atoms with Gasteiger partial charge in [-0.15, -0.1) is 0 Å². The number of nitrogens with two attached hydrogens (primary N) is 1. The Labute approximate surface area is 148 Å². The van der Waals surface area contributed by atoms with E-state index in [4.69, 9.17) is 5.73 Å². The Morgan fingerprint density at radius 1 is 1.28 bits per heavy atom. The number of rotatable bonds is 4. The molecule has 7 nitrogen and oxygen atoms in total. The molecule has 1 atom stereocenters. The van der Waals surface area contributed by atoms with Gasteiger partial charge in [-0.25, -0.2) is 4.98 Å². The highest BCUT2D eigenvalue weighted by molar-refractivity contribution is 5.95. The highest BCUT2D eigenvalue weighted by Gasteiger charge is 2.24. The Balaban J connectivity index is 1.61. The van der Waals surface area contributed by atoms with Crippen LogP contribution in [-0.4, -0.2) is 43.6 Å². The van der Waals surface area contributed by atoms with Gasteiger partial charge in [0.25, 0.3) is 5.91 Å². The average Bonchev–Trinajstić information content (AvgIpc) is 2.84. The van der Waals surface area contributed by atoms with Crippen LogP contribution in [0.1, 0.15) is 47.9 Å². The van der Waals surface area contributed by atoms with Crippen molar-refractivity contribution >= 4 is 11.7 Å². The number of nitrogen functional groups attached to an aromatic ring is 1. The third kappa shape index (κ3) is 4.15. The van der Waals surface area contributed by atoms with E-state index >= 15 is 0 Å². The fraction of sp³-hybridized carbons (Fsp3) is 0.556. The molecule has 1 unspecified atom stereocenters. The van der Waals surface area contributed by atoms with Crippen molar-refractivity contribution in [3.63, 3.8) is 0 Å². The zero-order valence-electron chi connectivity index (χ0n) is 15.0. The third-order valence-corrected chi connectivity index (χ3v) is 4.86. The molecular weight excluding hydrogens is 316 g/mol. The van der Waals surface area contributed by atoms with Gasteiger partial charge in [0.05, 0.1) is 29.3 Å². The van der Waals surface area contributed by atoms with E-state index in [1.807, 2.05) is 29.6 Å². The van der Waals surface area contributed by atoms with E-state index in [9.17, 15) is 4.79 Å². The summed E-state index contributed by atoms with van der Waals surface area (Å²) in [5, 5.41) is 4.39. The summed E-state index contributed by atoms with van der Waals surface area (Å²) in [6, 6.07) is 0. The van der Waals surface area contributed by atoms with Crippen LogP contribution in [0.4, 0.5) is 5.82 Å². The zero-order valence-corrected chi connectivity index (χ0v) is 15.0. The van der Waals surface area contributed by atoms with Crippen LogP contribution in [0.2, 0.25) is 0 Å². The molecule has 2 N–H and O–H groups in total. The van der Waals surface area contributed by atoms with E-state index in [0.29, 0.717) is 11.7 Å². The number of hydrogen-bond donors (Lipinski definition) is 1. The van der Waals surface area contributed by atoms with Crippen LogP contribution in [0.3, 0.4) is 0 Å². The number of carbonyl (C=O) groups is 1. The molecule has 2 aromatic heterocycles. The van der Waals surface area contributed by atoms with Gasteiger partial charge in [0.15, 0.2) is 0 Å². The van der Waals surface area contributed by atoms with Gasteiger partial charge >= 0.3 is 0 Å². The van der Waals surface area contributed by atoms with Crippen molar-refractivity contribution in [3.8, 4) is 0 Å². The van der Waals surface area contributed by atoms with Gasteiger partial charge < -0.3 is 10.6 Å². The average molecular weight is 342 g/mol. The molecular formula is C18H26N6O. The number of anilines is 1. The smallest absolute Gasteiger partial charge is 0.257 e. The number of amides is 1. The lowest BCUT2D eigenvalue weighted by atomic mass is 9.95. The summed E-state index contributed by atoms with van der Waals surface area (Å²) in [4.78, 5) is 23.3. The molecule has 7 heteroatoms. The molecule has 1 aliphatic heterocycles. The summed E-state index contributed by atoms with van der Waals surface area (Å²) in [7, 11) is 0. The Bertz CT molecular complexity index is 724. The first-order valence-electron chi connectivity index (χ1n) is 8.96. The second kappa shape index (κ2) is 7.63. The minimum Gasteiger partial charge on any atom is -0.382 e. The number of aryl methyl sites for hydroxylation is 2. The molecule has 0 bridgehead atoms. The van der Waals surface area contributed by atoms with E-state index < -0.39 is 0 Å². The SMILES string of the molecule is CCn1cc(C(=O)N2CCCC(Cc3cnc(N)cn3)CC2)c(C)n1. The minimum absolute atomic E-state index is 0.102. The van der Waals surface area contributed by atoms with Gasteiger partial charge in [-0.2, -0.15) is 5.10 Å². The fourth-order valence-electron chi connectivity index (χ4n) is 3.40. The van der Waals surface area contributed by atoms with Crippen molar-refractivity contribution in [1.29, 1.82) is 0 Å². The molecule has 0 aromatic carbocycles. The summed E-state index contributed by atoms with van der Waals surface area (Å²) in [6.45, 7) is 6.29. The Morgan fingerprint density at radius 2 is 2.12 bits per heavy atom. The highest BCUT2D eigenvalue weighted by Crippen LogP contribution is 2.22. The van der Waals surface area contributed by atoms with Gasteiger partial charge in [0, 0.05) is 25.8 Å². The van der Waals surface area contributed by atoms with Crippen molar-refractivity contribution in [2.75, 3.05) is 18.8 Å². The third-order valence-electron chi connectivity index (χ3n) is 4.86. The number of nitrogens with zero attached hydrogens (tertiary/aromatic N) is 5. The van der Waals surface area contributed by atoms with Crippen molar-refractivity contribution in [1.82, 2.24) is 24.6 Å². The molecule has 2 aromatic rings. The zero-order chi connectivity index (χ0) is 17.8. The lowest BCUT2D eigenvalue weighted by Crippen LogP contribution is -2.32. The molecule has 1 saturated heterocycles.